The van der Waals surface area contributed by atoms with Gasteiger partial charge in [0.1, 0.15) is 5.60 Å². The van der Waals surface area contributed by atoms with Crippen LogP contribution >= 0.6 is 0 Å². The molecule has 0 unspecified atom stereocenters. The summed E-state index contributed by atoms with van der Waals surface area (Å²) in [5.41, 5.74) is 0.335. The van der Waals surface area contributed by atoms with E-state index in [0.717, 1.165) is 5.56 Å². The van der Waals surface area contributed by atoms with E-state index in [0.29, 0.717) is 19.8 Å². The number of rotatable bonds is 9. The van der Waals surface area contributed by atoms with Crippen LogP contribution in [0.25, 0.3) is 0 Å². The Labute approximate surface area is 218 Å². The van der Waals surface area contributed by atoms with Crippen molar-refractivity contribution in [3.63, 3.8) is 0 Å². The highest BCUT2D eigenvalue weighted by atomic mass is 28.4. The molecule has 1 aliphatic rings. The van der Waals surface area contributed by atoms with E-state index in [9.17, 15) is 9.59 Å². The summed E-state index contributed by atoms with van der Waals surface area (Å²) < 4.78 is 23.4. The minimum absolute atomic E-state index is 0.0518. The fourth-order valence-corrected chi connectivity index (χ4v) is 4.62. The minimum Gasteiger partial charge on any atom is -0.466 e. The predicted octanol–water partition coefficient (Wildman–Crippen LogP) is 6.47. The first kappa shape index (κ1) is 30.1. The van der Waals surface area contributed by atoms with Gasteiger partial charge < -0.3 is 18.6 Å². The molecule has 8 heteroatoms. The Balaban J connectivity index is 2.28. The van der Waals surface area contributed by atoms with Crippen LogP contribution in [-0.4, -0.2) is 56.9 Å². The van der Waals surface area contributed by atoms with E-state index in [2.05, 4.69) is 33.9 Å². The second-order valence-electron chi connectivity index (χ2n) is 11.8. The van der Waals surface area contributed by atoms with Crippen molar-refractivity contribution in [2.45, 2.75) is 90.9 Å². The van der Waals surface area contributed by atoms with Crippen LogP contribution in [-0.2, 0) is 23.4 Å². The lowest BCUT2D eigenvalue weighted by Gasteiger charge is -2.37. The second-order valence-corrected chi connectivity index (χ2v) is 16.6. The lowest BCUT2D eigenvalue weighted by molar-refractivity contribution is -0.144. The zero-order valence-electron chi connectivity index (χ0n) is 23.5. The summed E-state index contributed by atoms with van der Waals surface area (Å²) in [4.78, 5) is 27.2. The number of esters is 1. The van der Waals surface area contributed by atoms with E-state index in [4.69, 9.17) is 18.6 Å². The van der Waals surface area contributed by atoms with Crippen LogP contribution in [0.4, 0.5) is 4.79 Å². The highest BCUT2D eigenvalue weighted by molar-refractivity contribution is 6.74. The summed E-state index contributed by atoms with van der Waals surface area (Å²) in [6, 6.07) is 9.51. The number of hydrogen-bond acceptors (Lipinski definition) is 6. The van der Waals surface area contributed by atoms with E-state index in [-0.39, 0.29) is 29.4 Å². The van der Waals surface area contributed by atoms with E-state index in [1.807, 2.05) is 63.3 Å². The Hall–Kier alpha value is -2.16. The Morgan fingerprint density at radius 2 is 1.78 bits per heavy atom. The highest BCUT2D eigenvalue weighted by Gasteiger charge is 2.40. The van der Waals surface area contributed by atoms with Gasteiger partial charge in [-0.3, -0.25) is 9.69 Å². The molecule has 7 nitrogen and oxygen atoms in total. The van der Waals surface area contributed by atoms with Gasteiger partial charge in [-0.2, -0.15) is 0 Å². The molecule has 0 saturated carbocycles. The molecule has 202 valence electrons. The van der Waals surface area contributed by atoms with Gasteiger partial charge in [0.05, 0.1) is 25.7 Å². The molecule has 1 heterocycles. The van der Waals surface area contributed by atoms with Crippen molar-refractivity contribution in [2.24, 2.45) is 5.92 Å². The van der Waals surface area contributed by atoms with E-state index >= 15 is 0 Å². The largest absolute Gasteiger partial charge is 0.466 e. The maximum atomic E-state index is 13.2. The second kappa shape index (κ2) is 12.4. The number of hydrogen-bond donors (Lipinski definition) is 0. The molecular formula is C28H45NO6Si. The summed E-state index contributed by atoms with van der Waals surface area (Å²) in [7, 11) is -2.01. The van der Waals surface area contributed by atoms with Gasteiger partial charge in [0.25, 0.3) is 0 Å². The molecule has 3 atom stereocenters. The summed E-state index contributed by atoms with van der Waals surface area (Å²) in [6.07, 6.45) is 2.89. The van der Waals surface area contributed by atoms with Gasteiger partial charge in [-0.15, -0.1) is 0 Å². The van der Waals surface area contributed by atoms with Crippen LogP contribution in [0.15, 0.2) is 42.5 Å². The maximum Gasteiger partial charge on any atom is 0.413 e. The van der Waals surface area contributed by atoms with Gasteiger partial charge in [-0.1, -0.05) is 57.2 Å². The SMILES string of the molecule is CCOC(=O)C[C@@H](C=C[C@H]1OC[C@@H](c2ccccc2)N1C(=O)OC(C)(C)C)CO[Si](C)(C)C(C)(C)C. The van der Waals surface area contributed by atoms with Gasteiger partial charge >= 0.3 is 12.1 Å². The van der Waals surface area contributed by atoms with Crippen molar-refractivity contribution in [1.82, 2.24) is 4.90 Å². The first-order valence-corrected chi connectivity index (χ1v) is 15.7. The van der Waals surface area contributed by atoms with E-state index < -0.39 is 26.2 Å². The van der Waals surface area contributed by atoms with Crippen molar-refractivity contribution >= 4 is 20.4 Å². The topological polar surface area (TPSA) is 74.3 Å². The Bertz CT molecular complexity index is 888. The number of carbonyl (C=O) groups is 2. The number of nitrogens with zero attached hydrogens (tertiary/aromatic N) is 1. The minimum atomic E-state index is -2.01. The molecule has 36 heavy (non-hydrogen) atoms. The van der Waals surface area contributed by atoms with Crippen molar-refractivity contribution in [1.29, 1.82) is 0 Å². The lowest BCUT2D eigenvalue weighted by atomic mass is 10.1. The number of carbonyl (C=O) groups excluding carboxylic acids is 2. The first-order chi connectivity index (χ1) is 16.6. The van der Waals surface area contributed by atoms with Crippen LogP contribution in [0.1, 0.15) is 66.5 Å². The average Bonchev–Trinajstić information content (AvgIpc) is 3.18. The molecule has 1 fully saturated rings. The molecule has 0 N–H and O–H groups in total. The molecule has 0 aliphatic carbocycles. The first-order valence-electron chi connectivity index (χ1n) is 12.8. The number of amides is 1. The third-order valence-electron chi connectivity index (χ3n) is 6.57. The van der Waals surface area contributed by atoms with Crippen LogP contribution in [0.2, 0.25) is 18.1 Å². The van der Waals surface area contributed by atoms with Crippen molar-refractivity contribution in [2.75, 3.05) is 19.8 Å². The molecular weight excluding hydrogens is 474 g/mol. The molecule has 1 aliphatic heterocycles. The van der Waals surface area contributed by atoms with Crippen LogP contribution in [0, 0.1) is 5.92 Å². The molecule has 0 radical (unpaired) electrons. The molecule has 1 saturated heterocycles. The molecule has 1 aromatic carbocycles. The van der Waals surface area contributed by atoms with Crippen LogP contribution in [0.3, 0.4) is 0 Å². The number of benzene rings is 1. The molecule has 1 amide bonds. The standard InChI is InChI=1S/C28H45NO6Si/c1-10-32-25(30)18-21(19-34-36(8,9)28(5,6)7)16-17-24-29(26(31)35-27(2,3)4)23(20-33-24)22-14-12-11-13-15-22/h11-17,21,23-24H,10,18-20H2,1-9H3/t21-,23+,24-/m1/s1. The summed E-state index contributed by atoms with van der Waals surface area (Å²) in [6.45, 7) is 19.3. The van der Waals surface area contributed by atoms with Crippen LogP contribution in [0.5, 0.6) is 0 Å². The summed E-state index contributed by atoms with van der Waals surface area (Å²) in [5, 5.41) is 0.0518. The molecule has 0 aromatic heterocycles. The van der Waals surface area contributed by atoms with E-state index in [1.54, 1.807) is 11.8 Å². The smallest absolute Gasteiger partial charge is 0.413 e. The predicted molar refractivity (Wildman–Crippen MR) is 144 cm³/mol. The summed E-state index contributed by atoms with van der Waals surface area (Å²) >= 11 is 0. The quantitative estimate of drug-likeness (QED) is 0.211. The fraction of sp³-hybridized carbons (Fsp3) is 0.643. The third-order valence-corrected chi connectivity index (χ3v) is 11.1. The Morgan fingerprint density at radius 1 is 1.14 bits per heavy atom. The number of ether oxygens (including phenoxy) is 3. The third kappa shape index (κ3) is 8.75. The molecule has 1 aromatic rings. The Morgan fingerprint density at radius 3 is 2.33 bits per heavy atom. The molecule has 0 spiro atoms. The normalized spacial score (nSPS) is 20.0. The zero-order chi connectivity index (χ0) is 27.1. The average molecular weight is 520 g/mol. The summed E-state index contributed by atoms with van der Waals surface area (Å²) in [5.74, 6) is -0.484. The Kier molecular flexibility index (Phi) is 10.3. The maximum absolute atomic E-state index is 13.2. The van der Waals surface area contributed by atoms with Crippen molar-refractivity contribution in [3.8, 4) is 0 Å². The zero-order valence-corrected chi connectivity index (χ0v) is 24.5. The lowest BCUT2D eigenvalue weighted by Crippen LogP contribution is -2.42. The van der Waals surface area contributed by atoms with Crippen molar-refractivity contribution < 1.29 is 28.2 Å². The highest BCUT2D eigenvalue weighted by Crippen LogP contribution is 2.37. The van der Waals surface area contributed by atoms with Crippen molar-refractivity contribution in [3.05, 3.63) is 48.0 Å². The van der Waals surface area contributed by atoms with Gasteiger partial charge in [-0.25, -0.2) is 4.79 Å². The van der Waals surface area contributed by atoms with Gasteiger partial charge in [0, 0.05) is 12.5 Å². The molecule has 2 rings (SSSR count). The van der Waals surface area contributed by atoms with Gasteiger partial charge in [0.2, 0.25) is 0 Å². The van der Waals surface area contributed by atoms with Gasteiger partial charge in [-0.05, 0) is 57.5 Å². The molecule has 0 bridgehead atoms. The monoisotopic (exact) mass is 519 g/mol. The van der Waals surface area contributed by atoms with Gasteiger partial charge in [0.15, 0.2) is 14.5 Å². The van der Waals surface area contributed by atoms with Crippen LogP contribution < -0.4 is 0 Å². The van der Waals surface area contributed by atoms with E-state index in [1.165, 1.54) is 0 Å². The fourth-order valence-electron chi connectivity index (χ4n) is 3.55.